The fourth-order valence-corrected chi connectivity index (χ4v) is 2.81. The van der Waals surface area contributed by atoms with Gasteiger partial charge in [-0.1, -0.05) is 0 Å². The SMILES string of the molecule is O=C(c1cn[nH]c1-c1ccsc1)N1CCCC1. The molecular weight excluding hydrogens is 234 g/mol. The number of nitrogens with one attached hydrogen (secondary N) is 1. The molecule has 1 amide bonds. The summed E-state index contributed by atoms with van der Waals surface area (Å²) in [6, 6.07) is 2.00. The molecule has 0 aromatic carbocycles. The van der Waals surface area contributed by atoms with Crippen molar-refractivity contribution in [2.75, 3.05) is 13.1 Å². The first-order chi connectivity index (χ1) is 8.36. The van der Waals surface area contributed by atoms with Gasteiger partial charge in [-0.15, -0.1) is 0 Å². The van der Waals surface area contributed by atoms with Crippen LogP contribution >= 0.6 is 11.3 Å². The molecule has 3 heterocycles. The minimum atomic E-state index is 0.0949. The predicted octanol–water partition coefficient (Wildman–Crippen LogP) is 2.37. The molecule has 1 N–H and O–H groups in total. The Kier molecular flexibility index (Phi) is 2.68. The standard InChI is InChI=1S/C12H13N3OS/c16-12(15-4-1-2-5-15)10-7-13-14-11(10)9-3-6-17-8-9/h3,6-8H,1-2,4-5H2,(H,13,14). The third-order valence-electron chi connectivity index (χ3n) is 3.07. The maximum absolute atomic E-state index is 12.3. The number of amides is 1. The van der Waals surface area contributed by atoms with E-state index in [-0.39, 0.29) is 5.91 Å². The van der Waals surface area contributed by atoms with Gasteiger partial charge in [0.15, 0.2) is 0 Å². The minimum absolute atomic E-state index is 0.0949. The molecule has 4 nitrogen and oxygen atoms in total. The van der Waals surface area contributed by atoms with Crippen LogP contribution in [-0.4, -0.2) is 34.1 Å². The molecule has 1 fully saturated rings. The number of hydrogen-bond donors (Lipinski definition) is 1. The predicted molar refractivity (Wildman–Crippen MR) is 67.0 cm³/mol. The van der Waals surface area contributed by atoms with Crippen molar-refractivity contribution in [2.45, 2.75) is 12.8 Å². The first-order valence-corrected chi connectivity index (χ1v) is 6.66. The summed E-state index contributed by atoms with van der Waals surface area (Å²) in [4.78, 5) is 14.2. The monoisotopic (exact) mass is 247 g/mol. The molecule has 0 aliphatic carbocycles. The van der Waals surface area contributed by atoms with Gasteiger partial charge in [-0.05, 0) is 24.3 Å². The van der Waals surface area contributed by atoms with E-state index in [1.165, 1.54) is 0 Å². The van der Waals surface area contributed by atoms with Crippen LogP contribution in [0.2, 0.25) is 0 Å². The molecule has 5 heteroatoms. The first kappa shape index (κ1) is 10.5. The Morgan fingerprint density at radius 1 is 1.41 bits per heavy atom. The second kappa shape index (κ2) is 4.33. The highest BCUT2D eigenvalue weighted by atomic mass is 32.1. The molecule has 88 valence electrons. The summed E-state index contributed by atoms with van der Waals surface area (Å²) in [7, 11) is 0. The van der Waals surface area contributed by atoms with Crippen LogP contribution in [0, 0.1) is 0 Å². The van der Waals surface area contributed by atoms with Gasteiger partial charge in [0.25, 0.3) is 5.91 Å². The second-order valence-electron chi connectivity index (χ2n) is 4.17. The van der Waals surface area contributed by atoms with E-state index in [4.69, 9.17) is 0 Å². The van der Waals surface area contributed by atoms with Gasteiger partial charge in [0.05, 0.1) is 17.5 Å². The smallest absolute Gasteiger partial charge is 0.257 e. The Bertz CT molecular complexity index is 512. The number of likely N-dealkylation sites (tertiary alicyclic amines) is 1. The third kappa shape index (κ3) is 1.86. The number of nitrogens with zero attached hydrogens (tertiary/aromatic N) is 2. The fourth-order valence-electron chi connectivity index (χ4n) is 2.17. The molecule has 0 atom stereocenters. The number of aromatic amines is 1. The summed E-state index contributed by atoms with van der Waals surface area (Å²) in [5.74, 6) is 0.0949. The van der Waals surface area contributed by atoms with Crippen LogP contribution in [0.5, 0.6) is 0 Å². The van der Waals surface area contributed by atoms with E-state index in [2.05, 4.69) is 10.2 Å². The number of thiophene rings is 1. The molecular formula is C12H13N3OS. The van der Waals surface area contributed by atoms with Crippen LogP contribution in [0.1, 0.15) is 23.2 Å². The first-order valence-electron chi connectivity index (χ1n) is 5.71. The number of H-pyrrole nitrogens is 1. The van der Waals surface area contributed by atoms with Crippen LogP contribution in [0.15, 0.2) is 23.0 Å². The molecule has 3 rings (SSSR count). The lowest BCUT2D eigenvalue weighted by Crippen LogP contribution is -2.27. The lowest BCUT2D eigenvalue weighted by Gasteiger charge is -2.14. The molecule has 0 radical (unpaired) electrons. The number of aromatic nitrogens is 2. The molecule has 1 aliphatic rings. The van der Waals surface area contributed by atoms with Crippen LogP contribution in [0.25, 0.3) is 11.3 Å². The summed E-state index contributed by atoms with van der Waals surface area (Å²) in [6.07, 6.45) is 3.85. The van der Waals surface area contributed by atoms with Crippen molar-refractivity contribution in [3.63, 3.8) is 0 Å². The van der Waals surface area contributed by atoms with Crippen molar-refractivity contribution in [1.29, 1.82) is 0 Å². The molecule has 17 heavy (non-hydrogen) atoms. The Morgan fingerprint density at radius 2 is 2.24 bits per heavy atom. The Hall–Kier alpha value is -1.62. The molecule has 0 saturated carbocycles. The van der Waals surface area contributed by atoms with Gasteiger partial charge in [0.2, 0.25) is 0 Å². The average Bonchev–Trinajstić information content (AvgIpc) is 3.09. The van der Waals surface area contributed by atoms with Crippen LogP contribution in [-0.2, 0) is 0 Å². The normalized spacial score (nSPS) is 15.4. The summed E-state index contributed by atoms with van der Waals surface area (Å²) in [5, 5.41) is 10.9. The van der Waals surface area contributed by atoms with E-state index in [1.807, 2.05) is 21.7 Å². The van der Waals surface area contributed by atoms with Crippen molar-refractivity contribution in [1.82, 2.24) is 15.1 Å². The summed E-state index contributed by atoms with van der Waals surface area (Å²) < 4.78 is 0. The van der Waals surface area contributed by atoms with Gasteiger partial charge < -0.3 is 4.90 Å². The zero-order valence-electron chi connectivity index (χ0n) is 9.35. The minimum Gasteiger partial charge on any atom is -0.339 e. The Labute approximate surface area is 103 Å². The number of carbonyl (C=O) groups is 1. The van der Waals surface area contributed by atoms with E-state index in [1.54, 1.807) is 17.5 Å². The van der Waals surface area contributed by atoms with Gasteiger partial charge in [0.1, 0.15) is 0 Å². The van der Waals surface area contributed by atoms with Gasteiger partial charge in [-0.3, -0.25) is 9.89 Å². The van der Waals surface area contributed by atoms with Crippen LogP contribution in [0.4, 0.5) is 0 Å². The molecule has 0 spiro atoms. The van der Waals surface area contributed by atoms with Crippen LogP contribution in [0.3, 0.4) is 0 Å². The van der Waals surface area contributed by atoms with Crippen molar-refractivity contribution < 1.29 is 4.79 Å². The number of carbonyl (C=O) groups excluding carboxylic acids is 1. The summed E-state index contributed by atoms with van der Waals surface area (Å²) in [6.45, 7) is 1.74. The maximum Gasteiger partial charge on any atom is 0.257 e. The lowest BCUT2D eigenvalue weighted by molar-refractivity contribution is 0.0793. The van der Waals surface area contributed by atoms with Crippen molar-refractivity contribution in [2.24, 2.45) is 0 Å². The van der Waals surface area contributed by atoms with E-state index in [0.29, 0.717) is 5.56 Å². The molecule has 0 unspecified atom stereocenters. The molecule has 1 saturated heterocycles. The van der Waals surface area contributed by atoms with E-state index in [9.17, 15) is 4.79 Å². The highest BCUT2D eigenvalue weighted by Crippen LogP contribution is 2.25. The van der Waals surface area contributed by atoms with Crippen molar-refractivity contribution >= 4 is 17.2 Å². The lowest BCUT2D eigenvalue weighted by atomic mass is 10.1. The molecule has 0 bridgehead atoms. The zero-order chi connectivity index (χ0) is 11.7. The highest BCUT2D eigenvalue weighted by molar-refractivity contribution is 7.08. The van der Waals surface area contributed by atoms with Gasteiger partial charge >= 0.3 is 0 Å². The third-order valence-corrected chi connectivity index (χ3v) is 3.76. The largest absolute Gasteiger partial charge is 0.339 e. The highest BCUT2D eigenvalue weighted by Gasteiger charge is 2.23. The van der Waals surface area contributed by atoms with Crippen molar-refractivity contribution in [3.8, 4) is 11.3 Å². The van der Waals surface area contributed by atoms with Gasteiger partial charge in [-0.25, -0.2) is 0 Å². The van der Waals surface area contributed by atoms with Gasteiger partial charge in [-0.2, -0.15) is 16.4 Å². The fraction of sp³-hybridized carbons (Fsp3) is 0.333. The Morgan fingerprint density at radius 3 is 2.94 bits per heavy atom. The topological polar surface area (TPSA) is 49.0 Å². The van der Waals surface area contributed by atoms with E-state index >= 15 is 0 Å². The summed E-state index contributed by atoms with van der Waals surface area (Å²) >= 11 is 1.62. The molecule has 2 aromatic rings. The van der Waals surface area contributed by atoms with E-state index < -0.39 is 0 Å². The van der Waals surface area contributed by atoms with Gasteiger partial charge in [0, 0.05) is 24.0 Å². The maximum atomic E-state index is 12.3. The zero-order valence-corrected chi connectivity index (χ0v) is 10.2. The molecule has 2 aromatic heterocycles. The Balaban J connectivity index is 1.93. The second-order valence-corrected chi connectivity index (χ2v) is 4.95. The van der Waals surface area contributed by atoms with Crippen molar-refractivity contribution in [3.05, 3.63) is 28.6 Å². The molecule has 1 aliphatic heterocycles. The quantitative estimate of drug-likeness (QED) is 0.885. The average molecular weight is 247 g/mol. The van der Waals surface area contributed by atoms with E-state index in [0.717, 1.165) is 37.2 Å². The number of hydrogen-bond acceptors (Lipinski definition) is 3. The van der Waals surface area contributed by atoms with Crippen LogP contribution < -0.4 is 0 Å². The number of rotatable bonds is 2. The summed E-state index contributed by atoms with van der Waals surface area (Å²) in [5.41, 5.74) is 2.56.